The Kier molecular flexibility index (Phi) is 4.35. The van der Waals surface area contributed by atoms with Gasteiger partial charge in [-0.05, 0) is 31.0 Å². The van der Waals surface area contributed by atoms with Crippen molar-refractivity contribution in [3.05, 3.63) is 22.2 Å². The molecule has 0 amide bonds. The van der Waals surface area contributed by atoms with E-state index in [0.717, 1.165) is 18.7 Å². The molecule has 2 rings (SSSR count). The second-order valence-corrected chi connectivity index (χ2v) is 4.58. The Morgan fingerprint density at radius 1 is 1.50 bits per heavy atom. The van der Waals surface area contributed by atoms with E-state index in [1.54, 1.807) is 6.20 Å². The molecule has 16 heavy (non-hydrogen) atoms. The summed E-state index contributed by atoms with van der Waals surface area (Å²) in [6.07, 6.45) is 4.15. The smallest absolute Gasteiger partial charge is 0.223 e. The minimum absolute atomic E-state index is 0.186. The van der Waals surface area contributed by atoms with Crippen LogP contribution < -0.4 is 10.6 Å². The Hall–Kier alpha value is -0.420. The van der Waals surface area contributed by atoms with E-state index in [1.165, 1.54) is 12.8 Å². The van der Waals surface area contributed by atoms with Gasteiger partial charge in [-0.1, -0.05) is 11.6 Å². The molecule has 1 fully saturated rings. The van der Waals surface area contributed by atoms with Gasteiger partial charge in [0.05, 0.1) is 0 Å². The maximum absolute atomic E-state index is 5.93. The van der Waals surface area contributed by atoms with Gasteiger partial charge in [0, 0.05) is 30.9 Å². The van der Waals surface area contributed by atoms with Crippen LogP contribution in [0.25, 0.3) is 0 Å². The van der Waals surface area contributed by atoms with Crippen LogP contribution in [0.5, 0.6) is 0 Å². The summed E-state index contributed by atoms with van der Waals surface area (Å²) in [5.74, 6) is 0. The highest BCUT2D eigenvalue weighted by Crippen LogP contribution is 2.13. The molecule has 88 valence electrons. The lowest BCUT2D eigenvalue weighted by Crippen LogP contribution is -2.33. The lowest BCUT2D eigenvalue weighted by atomic mass is 10.2. The fraction of sp³-hybridized carbons (Fsp3) is 0.600. The average Bonchev–Trinajstić information content (AvgIpc) is 2.74. The van der Waals surface area contributed by atoms with E-state index in [2.05, 4.69) is 20.6 Å². The van der Waals surface area contributed by atoms with Crippen molar-refractivity contribution in [1.82, 2.24) is 20.6 Å². The van der Waals surface area contributed by atoms with Gasteiger partial charge in [-0.3, -0.25) is 0 Å². The predicted molar refractivity (Wildman–Crippen MR) is 64.8 cm³/mol. The second kappa shape index (κ2) is 5.77. The van der Waals surface area contributed by atoms with Gasteiger partial charge in [0.1, 0.15) is 5.15 Å². The summed E-state index contributed by atoms with van der Waals surface area (Å²) < 4.78 is 0. The third kappa shape index (κ3) is 3.28. The maximum Gasteiger partial charge on any atom is 0.223 e. The van der Waals surface area contributed by atoms with E-state index in [1.807, 2.05) is 0 Å². The summed E-state index contributed by atoms with van der Waals surface area (Å²) in [6.45, 7) is 2.74. The lowest BCUT2D eigenvalue weighted by Gasteiger charge is -2.11. The minimum Gasteiger partial charge on any atom is -0.313 e. The van der Waals surface area contributed by atoms with Crippen molar-refractivity contribution in [2.24, 2.45) is 0 Å². The molecule has 1 aromatic rings. The molecule has 1 aliphatic rings. The van der Waals surface area contributed by atoms with Crippen LogP contribution in [0.4, 0.5) is 0 Å². The summed E-state index contributed by atoms with van der Waals surface area (Å²) in [6, 6.07) is 0.576. The Balaban J connectivity index is 1.80. The molecule has 6 heteroatoms. The standard InChI is InChI=1S/C10H14Cl2N4/c11-9-7(5-15-10(12)16-9)4-13-6-8-2-1-3-14-8/h5,8,13-14H,1-4,6H2/t8-/m1/s1. The molecule has 0 radical (unpaired) electrons. The van der Waals surface area contributed by atoms with Crippen LogP contribution in [0, 0.1) is 0 Å². The number of hydrogen-bond acceptors (Lipinski definition) is 4. The van der Waals surface area contributed by atoms with Gasteiger partial charge in [0.15, 0.2) is 0 Å². The van der Waals surface area contributed by atoms with Gasteiger partial charge in [-0.15, -0.1) is 0 Å². The number of hydrogen-bond donors (Lipinski definition) is 2. The lowest BCUT2D eigenvalue weighted by molar-refractivity contribution is 0.535. The quantitative estimate of drug-likeness (QED) is 0.639. The highest BCUT2D eigenvalue weighted by molar-refractivity contribution is 6.32. The number of aromatic nitrogens is 2. The van der Waals surface area contributed by atoms with Crippen LogP contribution in [-0.2, 0) is 6.54 Å². The monoisotopic (exact) mass is 260 g/mol. The third-order valence-electron chi connectivity index (χ3n) is 2.65. The van der Waals surface area contributed by atoms with E-state index in [9.17, 15) is 0 Å². The van der Waals surface area contributed by atoms with E-state index in [-0.39, 0.29) is 5.28 Å². The zero-order valence-corrected chi connectivity index (χ0v) is 10.4. The van der Waals surface area contributed by atoms with Crippen molar-refractivity contribution in [3.8, 4) is 0 Å². The SMILES string of the molecule is Clc1ncc(CNC[C@H]2CCCN2)c(Cl)n1. The van der Waals surface area contributed by atoms with Crippen LogP contribution in [0.2, 0.25) is 10.4 Å². The number of halogens is 2. The fourth-order valence-electron chi connectivity index (χ4n) is 1.80. The molecule has 0 aromatic carbocycles. The van der Waals surface area contributed by atoms with Gasteiger partial charge < -0.3 is 10.6 Å². The molecule has 0 spiro atoms. The molecular formula is C10H14Cl2N4. The fourth-order valence-corrected chi connectivity index (χ4v) is 2.17. The van der Waals surface area contributed by atoms with Gasteiger partial charge >= 0.3 is 0 Å². The van der Waals surface area contributed by atoms with Crippen molar-refractivity contribution >= 4 is 23.2 Å². The average molecular weight is 261 g/mol. The first-order valence-electron chi connectivity index (χ1n) is 5.37. The maximum atomic E-state index is 5.93. The van der Waals surface area contributed by atoms with Crippen LogP contribution in [0.3, 0.4) is 0 Å². The van der Waals surface area contributed by atoms with Crippen molar-refractivity contribution in [2.45, 2.75) is 25.4 Å². The molecule has 0 saturated carbocycles. The Morgan fingerprint density at radius 3 is 3.06 bits per heavy atom. The zero-order valence-electron chi connectivity index (χ0n) is 8.84. The molecule has 1 atom stereocenters. The topological polar surface area (TPSA) is 49.8 Å². The molecule has 2 heterocycles. The molecule has 0 aliphatic carbocycles. The molecule has 1 aromatic heterocycles. The summed E-state index contributed by atoms with van der Waals surface area (Å²) in [5.41, 5.74) is 0.879. The molecule has 0 bridgehead atoms. The van der Waals surface area contributed by atoms with Gasteiger partial charge in [-0.2, -0.15) is 0 Å². The van der Waals surface area contributed by atoms with Crippen molar-refractivity contribution in [2.75, 3.05) is 13.1 Å². The highest BCUT2D eigenvalue weighted by atomic mass is 35.5. The van der Waals surface area contributed by atoms with Crippen molar-refractivity contribution in [1.29, 1.82) is 0 Å². The van der Waals surface area contributed by atoms with Crippen LogP contribution in [0.1, 0.15) is 18.4 Å². The molecule has 0 unspecified atom stereocenters. The summed E-state index contributed by atoms with van der Waals surface area (Å²) in [7, 11) is 0. The normalized spacial score (nSPS) is 20.2. The van der Waals surface area contributed by atoms with Gasteiger partial charge in [0.2, 0.25) is 5.28 Å². The Morgan fingerprint density at radius 2 is 2.38 bits per heavy atom. The largest absolute Gasteiger partial charge is 0.313 e. The highest BCUT2D eigenvalue weighted by Gasteiger charge is 2.13. The second-order valence-electron chi connectivity index (χ2n) is 3.88. The van der Waals surface area contributed by atoms with Crippen LogP contribution in [-0.4, -0.2) is 29.1 Å². The number of nitrogens with one attached hydrogen (secondary N) is 2. The van der Waals surface area contributed by atoms with Crippen LogP contribution in [0.15, 0.2) is 6.20 Å². The molecule has 1 aliphatic heterocycles. The van der Waals surface area contributed by atoms with E-state index >= 15 is 0 Å². The van der Waals surface area contributed by atoms with E-state index in [4.69, 9.17) is 23.2 Å². The molecule has 2 N–H and O–H groups in total. The van der Waals surface area contributed by atoms with Crippen molar-refractivity contribution < 1.29 is 0 Å². The van der Waals surface area contributed by atoms with E-state index < -0.39 is 0 Å². The first-order chi connectivity index (χ1) is 7.75. The third-order valence-corrected chi connectivity index (χ3v) is 3.16. The first kappa shape index (κ1) is 12.0. The Bertz CT molecular complexity index is 353. The molecule has 1 saturated heterocycles. The van der Waals surface area contributed by atoms with Gasteiger partial charge in [-0.25, -0.2) is 9.97 Å². The van der Waals surface area contributed by atoms with E-state index in [0.29, 0.717) is 17.7 Å². The van der Waals surface area contributed by atoms with Gasteiger partial charge in [0.25, 0.3) is 0 Å². The zero-order chi connectivity index (χ0) is 11.4. The molecule has 4 nitrogen and oxygen atoms in total. The number of rotatable bonds is 4. The Labute approximate surface area is 105 Å². The minimum atomic E-state index is 0.186. The summed E-state index contributed by atoms with van der Waals surface area (Å²) >= 11 is 11.6. The number of nitrogens with zero attached hydrogens (tertiary/aromatic N) is 2. The summed E-state index contributed by atoms with van der Waals surface area (Å²) in [5, 5.41) is 7.36. The van der Waals surface area contributed by atoms with Crippen molar-refractivity contribution in [3.63, 3.8) is 0 Å². The van der Waals surface area contributed by atoms with Crippen LogP contribution >= 0.6 is 23.2 Å². The first-order valence-corrected chi connectivity index (χ1v) is 6.12. The predicted octanol–water partition coefficient (Wildman–Crippen LogP) is 1.62. The molecular weight excluding hydrogens is 247 g/mol. The summed E-state index contributed by atoms with van der Waals surface area (Å²) in [4.78, 5) is 7.79.